The second-order valence-corrected chi connectivity index (χ2v) is 7.85. The average Bonchev–Trinajstić information content (AvgIpc) is 3.33. The molecule has 3 fully saturated rings. The van der Waals surface area contributed by atoms with Crippen LogP contribution >= 0.6 is 12.4 Å². The molecule has 3 aliphatic rings. The van der Waals surface area contributed by atoms with E-state index in [1.165, 1.54) is 0 Å². The largest absolute Gasteiger partial charge is 0.497 e. The van der Waals surface area contributed by atoms with Gasteiger partial charge in [0.25, 0.3) is 0 Å². The number of carbonyl (C=O) groups excluding carboxylic acids is 1. The highest BCUT2D eigenvalue weighted by molar-refractivity contribution is 6.00. The van der Waals surface area contributed by atoms with E-state index >= 15 is 0 Å². The predicted molar refractivity (Wildman–Crippen MR) is 107 cm³/mol. The lowest BCUT2D eigenvalue weighted by molar-refractivity contribution is -0.149. The smallest absolute Gasteiger partial charge is 0.311 e. The van der Waals surface area contributed by atoms with Crippen molar-refractivity contribution in [3.05, 3.63) is 18.2 Å². The maximum absolute atomic E-state index is 13.1. The lowest BCUT2D eigenvalue weighted by Gasteiger charge is -2.26. The minimum Gasteiger partial charge on any atom is -0.497 e. The van der Waals surface area contributed by atoms with Crippen LogP contribution < -0.4 is 14.4 Å². The Kier molecular flexibility index (Phi) is 5.77. The van der Waals surface area contributed by atoms with E-state index < -0.39 is 11.4 Å². The van der Waals surface area contributed by atoms with Gasteiger partial charge in [0.15, 0.2) is 0 Å². The topological polar surface area (TPSA) is 79.3 Å². The van der Waals surface area contributed by atoms with Gasteiger partial charge < -0.3 is 19.5 Å². The number of halogens is 1. The number of methoxy groups -OCH3 is 2. The quantitative estimate of drug-likeness (QED) is 0.803. The molecule has 8 heteroatoms. The molecular formula is C20H27ClN2O5. The van der Waals surface area contributed by atoms with E-state index in [-0.39, 0.29) is 30.3 Å². The number of fused-ring (bicyclic) bond motifs is 1. The van der Waals surface area contributed by atoms with Gasteiger partial charge in [0.05, 0.1) is 31.4 Å². The Morgan fingerprint density at radius 1 is 1.18 bits per heavy atom. The van der Waals surface area contributed by atoms with Crippen LogP contribution in [0.2, 0.25) is 0 Å². The molecule has 0 bridgehead atoms. The first-order valence-electron chi connectivity index (χ1n) is 9.50. The fraction of sp³-hybridized carbons (Fsp3) is 0.600. The van der Waals surface area contributed by atoms with Crippen LogP contribution in [0.5, 0.6) is 11.5 Å². The summed E-state index contributed by atoms with van der Waals surface area (Å²) in [4.78, 5) is 28.9. The molecule has 1 unspecified atom stereocenters. The number of likely N-dealkylation sites (tertiary alicyclic amines) is 1. The summed E-state index contributed by atoms with van der Waals surface area (Å²) in [6.45, 7) is 1.80. The Hall–Kier alpha value is -1.99. The van der Waals surface area contributed by atoms with E-state index in [1.807, 2.05) is 12.1 Å². The SMILES string of the molecule is COc1cc(OC)cc(N2CCC(N3C[C@@H]4CCC[C@@]4(C(=O)O)C3)C2=O)c1.Cl. The maximum Gasteiger partial charge on any atom is 0.311 e. The van der Waals surface area contributed by atoms with Gasteiger partial charge in [-0.05, 0) is 25.2 Å². The molecule has 2 aliphatic heterocycles. The molecule has 1 saturated carbocycles. The number of carboxylic acids is 1. The van der Waals surface area contributed by atoms with Gasteiger partial charge >= 0.3 is 5.97 Å². The number of rotatable bonds is 5. The Bertz CT molecular complexity index is 751. The van der Waals surface area contributed by atoms with Crippen molar-refractivity contribution in [1.29, 1.82) is 0 Å². The lowest BCUT2D eigenvalue weighted by atomic mass is 9.81. The first-order chi connectivity index (χ1) is 13.0. The van der Waals surface area contributed by atoms with Crippen molar-refractivity contribution in [1.82, 2.24) is 4.90 Å². The third-order valence-corrected chi connectivity index (χ3v) is 6.59. The van der Waals surface area contributed by atoms with Crippen molar-refractivity contribution < 1.29 is 24.2 Å². The van der Waals surface area contributed by atoms with Crippen LogP contribution in [0.4, 0.5) is 5.69 Å². The predicted octanol–water partition coefficient (Wildman–Crippen LogP) is 2.42. The Labute approximate surface area is 171 Å². The minimum absolute atomic E-state index is 0. The van der Waals surface area contributed by atoms with Gasteiger partial charge in [0.1, 0.15) is 11.5 Å². The summed E-state index contributed by atoms with van der Waals surface area (Å²) in [5.41, 5.74) is 0.0958. The maximum atomic E-state index is 13.1. The van der Waals surface area contributed by atoms with Crippen LogP contribution in [0.3, 0.4) is 0 Å². The number of aliphatic carboxylic acids is 1. The van der Waals surface area contributed by atoms with Crippen LogP contribution in [-0.4, -0.2) is 61.8 Å². The van der Waals surface area contributed by atoms with Crippen molar-refractivity contribution in [2.75, 3.05) is 38.8 Å². The molecule has 7 nitrogen and oxygen atoms in total. The normalized spacial score (nSPS) is 29.5. The Balaban J connectivity index is 0.00000225. The number of hydrogen-bond acceptors (Lipinski definition) is 5. The van der Waals surface area contributed by atoms with Crippen LogP contribution in [0.1, 0.15) is 25.7 Å². The standard InChI is InChI=1S/C20H26N2O5.ClH/c1-26-15-8-14(9-16(10-15)27-2)22-7-5-17(18(22)23)21-11-13-4-3-6-20(13,12-21)19(24)25;/h8-10,13,17H,3-7,11-12H2,1-2H3,(H,24,25);1H/t13-,17?,20+;/m0./s1. The van der Waals surface area contributed by atoms with E-state index in [4.69, 9.17) is 9.47 Å². The molecule has 1 aromatic rings. The zero-order valence-electron chi connectivity index (χ0n) is 16.2. The van der Waals surface area contributed by atoms with Crippen molar-refractivity contribution in [3.63, 3.8) is 0 Å². The van der Waals surface area contributed by atoms with Crippen molar-refractivity contribution in [2.45, 2.75) is 31.7 Å². The molecule has 0 aromatic heterocycles. The number of carboxylic acid groups (broad SMARTS) is 1. The highest BCUT2D eigenvalue weighted by atomic mass is 35.5. The summed E-state index contributed by atoms with van der Waals surface area (Å²) in [6, 6.07) is 5.20. The van der Waals surface area contributed by atoms with Crippen LogP contribution in [-0.2, 0) is 9.59 Å². The highest BCUT2D eigenvalue weighted by Crippen LogP contribution is 2.50. The summed E-state index contributed by atoms with van der Waals surface area (Å²) >= 11 is 0. The molecular weight excluding hydrogens is 384 g/mol. The van der Waals surface area contributed by atoms with Gasteiger partial charge in [-0.3, -0.25) is 14.5 Å². The summed E-state index contributed by atoms with van der Waals surface area (Å²) in [5, 5.41) is 9.80. The zero-order chi connectivity index (χ0) is 19.2. The van der Waals surface area contributed by atoms with Crippen LogP contribution in [0.25, 0.3) is 0 Å². The number of ether oxygens (including phenoxy) is 2. The van der Waals surface area contributed by atoms with Crippen molar-refractivity contribution in [3.8, 4) is 11.5 Å². The third kappa shape index (κ3) is 3.20. The number of carbonyl (C=O) groups is 2. The Morgan fingerprint density at radius 2 is 1.86 bits per heavy atom. The fourth-order valence-electron chi connectivity index (χ4n) is 5.12. The molecule has 28 heavy (non-hydrogen) atoms. The molecule has 3 atom stereocenters. The number of nitrogens with zero attached hydrogens (tertiary/aromatic N) is 2. The molecule has 4 rings (SSSR count). The zero-order valence-corrected chi connectivity index (χ0v) is 17.0. The van der Waals surface area contributed by atoms with Gasteiger partial charge in [-0.15, -0.1) is 12.4 Å². The van der Waals surface area contributed by atoms with Crippen molar-refractivity contribution in [2.24, 2.45) is 11.3 Å². The van der Waals surface area contributed by atoms with Gasteiger partial charge in [0, 0.05) is 37.8 Å². The van der Waals surface area contributed by atoms with Crippen molar-refractivity contribution >= 4 is 30.0 Å². The van der Waals surface area contributed by atoms with Gasteiger partial charge in [0.2, 0.25) is 5.91 Å². The first kappa shape index (κ1) is 20.7. The van der Waals surface area contributed by atoms with Gasteiger partial charge in [-0.2, -0.15) is 0 Å². The summed E-state index contributed by atoms with van der Waals surface area (Å²) in [5.74, 6) is 0.772. The van der Waals surface area contributed by atoms with E-state index in [1.54, 1.807) is 25.2 Å². The molecule has 0 spiro atoms. The minimum atomic E-state index is -0.702. The molecule has 2 saturated heterocycles. The highest BCUT2D eigenvalue weighted by Gasteiger charge is 2.57. The Morgan fingerprint density at radius 3 is 2.43 bits per heavy atom. The van der Waals surface area contributed by atoms with E-state index in [2.05, 4.69) is 4.90 Å². The van der Waals surface area contributed by atoms with E-state index in [9.17, 15) is 14.7 Å². The molecule has 1 aliphatic carbocycles. The van der Waals surface area contributed by atoms with Gasteiger partial charge in [-0.1, -0.05) is 6.42 Å². The summed E-state index contributed by atoms with van der Waals surface area (Å²) in [6.07, 6.45) is 3.35. The lowest BCUT2D eigenvalue weighted by Crippen LogP contribution is -2.43. The average molecular weight is 411 g/mol. The number of anilines is 1. The van der Waals surface area contributed by atoms with Gasteiger partial charge in [-0.25, -0.2) is 0 Å². The number of benzene rings is 1. The fourth-order valence-corrected chi connectivity index (χ4v) is 5.12. The second kappa shape index (κ2) is 7.79. The molecule has 154 valence electrons. The van der Waals surface area contributed by atoms with E-state index in [0.717, 1.165) is 24.9 Å². The first-order valence-corrected chi connectivity index (χ1v) is 9.50. The van der Waals surface area contributed by atoms with Crippen LogP contribution in [0, 0.1) is 11.3 Å². The second-order valence-electron chi connectivity index (χ2n) is 7.85. The molecule has 2 heterocycles. The molecule has 1 amide bonds. The molecule has 0 radical (unpaired) electrons. The van der Waals surface area contributed by atoms with E-state index in [0.29, 0.717) is 37.6 Å². The molecule has 1 aromatic carbocycles. The summed E-state index contributed by atoms with van der Waals surface area (Å²) < 4.78 is 10.6. The third-order valence-electron chi connectivity index (χ3n) is 6.59. The monoisotopic (exact) mass is 410 g/mol. The number of hydrogen-bond donors (Lipinski definition) is 1. The summed E-state index contributed by atoms with van der Waals surface area (Å²) in [7, 11) is 3.17. The molecule has 1 N–H and O–H groups in total. The number of amides is 1. The van der Waals surface area contributed by atoms with Crippen LogP contribution in [0.15, 0.2) is 18.2 Å².